The monoisotopic (exact) mass is 375 g/mol. The van der Waals surface area contributed by atoms with E-state index in [9.17, 15) is 13.2 Å². The van der Waals surface area contributed by atoms with E-state index in [1.165, 1.54) is 0 Å². The number of sulfonamides is 1. The highest BCUT2D eigenvalue weighted by atomic mass is 35.5. The summed E-state index contributed by atoms with van der Waals surface area (Å²) in [5.41, 5.74) is 1.04. The van der Waals surface area contributed by atoms with Crippen molar-refractivity contribution in [3.8, 4) is 0 Å². The van der Waals surface area contributed by atoms with Crippen molar-refractivity contribution in [1.29, 1.82) is 0 Å². The molecule has 1 aromatic rings. The van der Waals surface area contributed by atoms with Gasteiger partial charge in [-0.25, -0.2) is 8.42 Å². The Kier molecular flexibility index (Phi) is 7.99. The molecule has 0 aliphatic carbocycles. The minimum Gasteiger partial charge on any atom is -0.326 e. The molecule has 1 heterocycles. The van der Waals surface area contributed by atoms with Crippen molar-refractivity contribution in [1.82, 2.24) is 5.32 Å². The number of carbonyl (C=O) groups is 1. The number of rotatable bonds is 6. The van der Waals surface area contributed by atoms with Crippen LogP contribution in [0.1, 0.15) is 26.2 Å². The third-order valence-corrected chi connectivity index (χ3v) is 4.75. The van der Waals surface area contributed by atoms with Crippen molar-refractivity contribution in [2.75, 3.05) is 29.4 Å². The number of carbonyl (C=O) groups excluding carboxylic acids is 1. The number of amides is 1. The number of halogens is 1. The number of hydrogen-bond donors (Lipinski definition) is 3. The minimum atomic E-state index is -3.32. The van der Waals surface area contributed by atoms with Crippen LogP contribution in [0.5, 0.6) is 0 Å². The lowest BCUT2D eigenvalue weighted by Gasteiger charge is -2.27. The fourth-order valence-corrected chi connectivity index (χ4v) is 3.51. The number of piperidine rings is 1. The van der Waals surface area contributed by atoms with Crippen LogP contribution in [0.25, 0.3) is 0 Å². The van der Waals surface area contributed by atoms with E-state index in [-0.39, 0.29) is 18.3 Å². The van der Waals surface area contributed by atoms with Gasteiger partial charge in [0, 0.05) is 12.1 Å². The molecule has 1 saturated heterocycles. The molecule has 24 heavy (non-hydrogen) atoms. The Morgan fingerprint density at radius 3 is 2.54 bits per heavy atom. The summed E-state index contributed by atoms with van der Waals surface area (Å²) in [5.74, 6) is 0.891. The lowest BCUT2D eigenvalue weighted by atomic mass is 9.84. The van der Waals surface area contributed by atoms with Crippen molar-refractivity contribution >= 4 is 39.7 Å². The second kappa shape index (κ2) is 9.25. The van der Waals surface area contributed by atoms with Crippen LogP contribution < -0.4 is 15.4 Å². The van der Waals surface area contributed by atoms with Crippen molar-refractivity contribution in [3.63, 3.8) is 0 Å². The van der Waals surface area contributed by atoms with E-state index in [2.05, 4.69) is 22.3 Å². The predicted octanol–water partition coefficient (Wildman–Crippen LogP) is 2.44. The number of hydrogen-bond acceptors (Lipinski definition) is 4. The van der Waals surface area contributed by atoms with E-state index in [4.69, 9.17) is 0 Å². The van der Waals surface area contributed by atoms with Gasteiger partial charge in [0.1, 0.15) is 0 Å². The molecule has 1 unspecified atom stereocenters. The summed E-state index contributed by atoms with van der Waals surface area (Å²) in [6, 6.07) is 6.72. The van der Waals surface area contributed by atoms with Gasteiger partial charge in [-0.2, -0.15) is 0 Å². The minimum absolute atomic E-state index is 0. The Balaban J connectivity index is 0.00000288. The van der Waals surface area contributed by atoms with Gasteiger partial charge in [0.2, 0.25) is 15.9 Å². The zero-order valence-electron chi connectivity index (χ0n) is 14.0. The fraction of sp³-hybridized carbons (Fsp3) is 0.562. The average molecular weight is 376 g/mol. The average Bonchev–Trinajstić information content (AvgIpc) is 2.46. The molecule has 1 aliphatic heterocycles. The van der Waals surface area contributed by atoms with Crippen LogP contribution in [0.4, 0.5) is 11.4 Å². The summed E-state index contributed by atoms with van der Waals surface area (Å²) in [6.45, 7) is 4.17. The Labute approximate surface area is 150 Å². The molecule has 0 spiro atoms. The molecule has 3 N–H and O–H groups in total. The summed E-state index contributed by atoms with van der Waals surface area (Å²) in [5, 5.41) is 6.18. The van der Waals surface area contributed by atoms with E-state index in [0.29, 0.717) is 29.6 Å². The first-order valence-electron chi connectivity index (χ1n) is 7.92. The Hall–Kier alpha value is -1.31. The molecule has 1 aromatic carbocycles. The molecule has 1 atom stereocenters. The van der Waals surface area contributed by atoms with Gasteiger partial charge in [0.05, 0.1) is 11.9 Å². The molecule has 0 bridgehead atoms. The van der Waals surface area contributed by atoms with Gasteiger partial charge < -0.3 is 10.6 Å². The van der Waals surface area contributed by atoms with E-state index in [1.807, 2.05) is 0 Å². The smallest absolute Gasteiger partial charge is 0.229 e. The van der Waals surface area contributed by atoms with Gasteiger partial charge in [-0.15, -0.1) is 12.4 Å². The quantitative estimate of drug-likeness (QED) is 0.712. The highest BCUT2D eigenvalue weighted by Gasteiger charge is 2.22. The largest absolute Gasteiger partial charge is 0.326 e. The van der Waals surface area contributed by atoms with E-state index in [0.717, 1.165) is 32.2 Å². The van der Waals surface area contributed by atoms with Crippen LogP contribution in [0.2, 0.25) is 0 Å². The summed E-state index contributed by atoms with van der Waals surface area (Å²) >= 11 is 0. The third-order valence-electron chi connectivity index (χ3n) is 4.15. The SMILES string of the molecule is CC(CC(=O)Nc1cccc(NS(C)(=O)=O)c1)C1CCNCC1.Cl. The molecule has 1 amide bonds. The van der Waals surface area contributed by atoms with Crippen molar-refractivity contribution in [3.05, 3.63) is 24.3 Å². The van der Waals surface area contributed by atoms with Crippen LogP contribution in [-0.2, 0) is 14.8 Å². The van der Waals surface area contributed by atoms with E-state index >= 15 is 0 Å². The molecule has 1 aliphatic rings. The first-order valence-corrected chi connectivity index (χ1v) is 9.81. The van der Waals surface area contributed by atoms with Gasteiger partial charge in [-0.1, -0.05) is 13.0 Å². The fourth-order valence-electron chi connectivity index (χ4n) is 2.96. The van der Waals surface area contributed by atoms with Crippen molar-refractivity contribution in [2.45, 2.75) is 26.2 Å². The number of benzene rings is 1. The maximum absolute atomic E-state index is 12.2. The number of anilines is 2. The van der Waals surface area contributed by atoms with Crippen LogP contribution in [-0.4, -0.2) is 33.7 Å². The first-order chi connectivity index (χ1) is 10.8. The molecular formula is C16H26ClN3O3S. The zero-order valence-corrected chi connectivity index (χ0v) is 15.7. The highest BCUT2D eigenvalue weighted by molar-refractivity contribution is 7.92. The van der Waals surface area contributed by atoms with Gasteiger partial charge in [-0.3, -0.25) is 9.52 Å². The third kappa shape index (κ3) is 7.07. The van der Waals surface area contributed by atoms with Crippen molar-refractivity contribution in [2.24, 2.45) is 11.8 Å². The molecule has 0 radical (unpaired) electrons. The summed E-state index contributed by atoms with van der Waals surface area (Å²) in [7, 11) is -3.32. The molecule has 136 valence electrons. The van der Waals surface area contributed by atoms with Crippen molar-refractivity contribution < 1.29 is 13.2 Å². The van der Waals surface area contributed by atoms with E-state index in [1.54, 1.807) is 24.3 Å². The van der Waals surface area contributed by atoms with Crippen LogP contribution in [0.15, 0.2) is 24.3 Å². The van der Waals surface area contributed by atoms with Gasteiger partial charge in [0.25, 0.3) is 0 Å². The lowest BCUT2D eigenvalue weighted by molar-refractivity contribution is -0.117. The Morgan fingerprint density at radius 1 is 1.29 bits per heavy atom. The Morgan fingerprint density at radius 2 is 1.92 bits per heavy atom. The van der Waals surface area contributed by atoms with Crippen LogP contribution >= 0.6 is 12.4 Å². The molecule has 2 rings (SSSR count). The standard InChI is InChI=1S/C16H25N3O3S.ClH/c1-12(13-6-8-17-9-7-13)10-16(20)18-14-4-3-5-15(11-14)19-23(2,21)22;/h3-5,11-13,17,19H,6-10H2,1-2H3,(H,18,20);1H. The summed E-state index contributed by atoms with van der Waals surface area (Å²) in [6.07, 6.45) is 3.80. The zero-order chi connectivity index (χ0) is 16.9. The lowest BCUT2D eigenvalue weighted by Crippen LogP contribution is -2.32. The topological polar surface area (TPSA) is 87.3 Å². The highest BCUT2D eigenvalue weighted by Crippen LogP contribution is 2.25. The summed E-state index contributed by atoms with van der Waals surface area (Å²) < 4.78 is 24.9. The molecule has 0 aromatic heterocycles. The maximum Gasteiger partial charge on any atom is 0.229 e. The maximum atomic E-state index is 12.2. The molecule has 6 nitrogen and oxygen atoms in total. The van der Waals surface area contributed by atoms with Gasteiger partial charge in [0.15, 0.2) is 0 Å². The molecular weight excluding hydrogens is 350 g/mol. The Bertz CT molecular complexity index is 646. The number of nitrogens with one attached hydrogen (secondary N) is 3. The van der Waals surface area contributed by atoms with Gasteiger partial charge >= 0.3 is 0 Å². The van der Waals surface area contributed by atoms with Crippen LogP contribution in [0.3, 0.4) is 0 Å². The summed E-state index contributed by atoms with van der Waals surface area (Å²) in [4.78, 5) is 12.2. The predicted molar refractivity (Wildman–Crippen MR) is 100 cm³/mol. The second-order valence-electron chi connectivity index (χ2n) is 6.27. The van der Waals surface area contributed by atoms with Crippen LogP contribution in [0, 0.1) is 11.8 Å². The molecule has 0 saturated carbocycles. The second-order valence-corrected chi connectivity index (χ2v) is 8.02. The first kappa shape index (κ1) is 20.7. The van der Waals surface area contributed by atoms with E-state index < -0.39 is 10.0 Å². The molecule has 8 heteroatoms. The van der Waals surface area contributed by atoms with Gasteiger partial charge in [-0.05, 0) is 56.0 Å². The molecule has 1 fully saturated rings. The normalized spacial score (nSPS) is 16.8.